The molecule has 2 aromatic rings. The molecule has 0 aliphatic carbocycles. The second-order valence-corrected chi connectivity index (χ2v) is 7.76. The molecular formula is C20H24IN3O. The highest BCUT2D eigenvalue weighted by atomic mass is 127. The SMILES string of the molecule is CCCCN1CCCC1c1cncc(C(=O)Nc2cccc(I)c2)c1. The second-order valence-electron chi connectivity index (χ2n) is 6.52. The van der Waals surface area contributed by atoms with E-state index in [4.69, 9.17) is 0 Å². The average Bonchev–Trinajstić information content (AvgIpc) is 3.08. The Morgan fingerprint density at radius 3 is 3.04 bits per heavy atom. The summed E-state index contributed by atoms with van der Waals surface area (Å²) in [6.07, 6.45) is 8.35. The fraction of sp³-hybridized carbons (Fsp3) is 0.400. The molecule has 132 valence electrons. The molecule has 25 heavy (non-hydrogen) atoms. The van der Waals surface area contributed by atoms with Gasteiger partial charge in [-0.05, 0) is 84.8 Å². The highest BCUT2D eigenvalue weighted by Gasteiger charge is 2.26. The molecule has 1 aliphatic rings. The number of likely N-dealkylation sites (tertiary alicyclic amines) is 1. The van der Waals surface area contributed by atoms with Crippen molar-refractivity contribution < 1.29 is 4.79 Å². The number of anilines is 1. The number of rotatable bonds is 6. The van der Waals surface area contributed by atoms with E-state index in [1.54, 1.807) is 6.20 Å². The zero-order valence-corrected chi connectivity index (χ0v) is 16.7. The molecular weight excluding hydrogens is 425 g/mol. The minimum absolute atomic E-state index is 0.102. The molecule has 0 radical (unpaired) electrons. The summed E-state index contributed by atoms with van der Waals surface area (Å²) >= 11 is 2.24. The molecule has 1 aromatic heterocycles. The third kappa shape index (κ3) is 4.79. The van der Waals surface area contributed by atoms with Crippen LogP contribution in [0.25, 0.3) is 0 Å². The number of hydrogen-bond donors (Lipinski definition) is 1. The average molecular weight is 449 g/mol. The third-order valence-corrected chi connectivity index (χ3v) is 5.32. The summed E-state index contributed by atoms with van der Waals surface area (Å²) < 4.78 is 1.10. The maximum atomic E-state index is 12.6. The second kappa shape index (κ2) is 8.76. The van der Waals surface area contributed by atoms with Gasteiger partial charge in [-0.1, -0.05) is 19.4 Å². The first-order valence-electron chi connectivity index (χ1n) is 8.93. The van der Waals surface area contributed by atoms with Crippen molar-refractivity contribution in [3.63, 3.8) is 0 Å². The van der Waals surface area contributed by atoms with Gasteiger partial charge in [0, 0.05) is 27.7 Å². The lowest BCUT2D eigenvalue weighted by molar-refractivity contribution is 0.102. The molecule has 0 spiro atoms. The van der Waals surface area contributed by atoms with Gasteiger partial charge in [0.15, 0.2) is 0 Å². The highest BCUT2D eigenvalue weighted by Crippen LogP contribution is 2.32. The molecule has 1 N–H and O–H groups in total. The molecule has 0 saturated carbocycles. The molecule has 1 atom stereocenters. The smallest absolute Gasteiger partial charge is 0.257 e. The van der Waals surface area contributed by atoms with E-state index < -0.39 is 0 Å². The Morgan fingerprint density at radius 1 is 1.36 bits per heavy atom. The van der Waals surface area contributed by atoms with Crippen LogP contribution in [0.3, 0.4) is 0 Å². The first kappa shape index (κ1) is 18.3. The molecule has 2 heterocycles. The monoisotopic (exact) mass is 449 g/mol. The van der Waals surface area contributed by atoms with Gasteiger partial charge >= 0.3 is 0 Å². The summed E-state index contributed by atoms with van der Waals surface area (Å²) in [5, 5.41) is 2.96. The standard InChI is InChI=1S/C20H24IN3O/c1-2-3-9-24-10-5-8-19(24)15-11-16(14-22-13-15)20(25)23-18-7-4-6-17(21)12-18/h4,6-7,11-14,19H,2-3,5,8-10H2,1H3,(H,23,25). The van der Waals surface area contributed by atoms with Gasteiger partial charge in [-0.25, -0.2) is 0 Å². The van der Waals surface area contributed by atoms with Gasteiger partial charge in [0.2, 0.25) is 0 Å². The van der Waals surface area contributed by atoms with Crippen molar-refractivity contribution in [2.24, 2.45) is 0 Å². The zero-order valence-electron chi connectivity index (χ0n) is 14.5. The number of carbonyl (C=O) groups is 1. The van der Waals surface area contributed by atoms with Crippen LogP contribution >= 0.6 is 22.6 Å². The minimum Gasteiger partial charge on any atom is -0.322 e. The Morgan fingerprint density at radius 2 is 2.24 bits per heavy atom. The van der Waals surface area contributed by atoms with Crippen LogP contribution < -0.4 is 5.32 Å². The molecule has 4 nitrogen and oxygen atoms in total. The fourth-order valence-corrected chi connectivity index (χ4v) is 3.91. The van der Waals surface area contributed by atoms with E-state index in [9.17, 15) is 4.79 Å². The predicted molar refractivity (Wildman–Crippen MR) is 110 cm³/mol. The molecule has 0 bridgehead atoms. The summed E-state index contributed by atoms with van der Waals surface area (Å²) in [5.41, 5.74) is 2.59. The van der Waals surface area contributed by atoms with E-state index >= 15 is 0 Å². The van der Waals surface area contributed by atoms with E-state index in [2.05, 4.69) is 44.7 Å². The van der Waals surface area contributed by atoms with Gasteiger partial charge in [-0.3, -0.25) is 14.7 Å². The van der Waals surface area contributed by atoms with Gasteiger partial charge in [0.1, 0.15) is 0 Å². The molecule has 1 aromatic carbocycles. The molecule has 5 heteroatoms. The van der Waals surface area contributed by atoms with Crippen molar-refractivity contribution in [1.29, 1.82) is 0 Å². The lowest BCUT2D eigenvalue weighted by Crippen LogP contribution is -2.24. The third-order valence-electron chi connectivity index (χ3n) is 4.65. The molecule has 1 unspecified atom stereocenters. The fourth-order valence-electron chi connectivity index (χ4n) is 3.37. The molecule has 3 rings (SSSR count). The Labute approximate surface area is 163 Å². The van der Waals surface area contributed by atoms with E-state index in [-0.39, 0.29) is 5.91 Å². The van der Waals surface area contributed by atoms with Crippen molar-refractivity contribution in [3.8, 4) is 0 Å². The maximum Gasteiger partial charge on any atom is 0.257 e. The number of hydrogen-bond acceptors (Lipinski definition) is 3. The van der Waals surface area contributed by atoms with E-state index in [1.165, 1.54) is 19.3 Å². The number of carbonyl (C=O) groups excluding carboxylic acids is 1. The van der Waals surface area contributed by atoms with Crippen LogP contribution in [0.15, 0.2) is 42.7 Å². The quantitative estimate of drug-likeness (QED) is 0.640. The highest BCUT2D eigenvalue weighted by molar-refractivity contribution is 14.1. The lowest BCUT2D eigenvalue weighted by Gasteiger charge is -2.24. The van der Waals surface area contributed by atoms with Crippen molar-refractivity contribution in [3.05, 3.63) is 57.4 Å². The molecule has 1 fully saturated rings. The number of unbranched alkanes of at least 4 members (excludes halogenated alkanes) is 1. The maximum absolute atomic E-state index is 12.6. The van der Waals surface area contributed by atoms with Crippen LogP contribution in [-0.4, -0.2) is 28.9 Å². The summed E-state index contributed by atoms with van der Waals surface area (Å²) in [6.45, 7) is 4.49. The van der Waals surface area contributed by atoms with Crippen molar-refractivity contribution in [2.45, 2.75) is 38.6 Å². The summed E-state index contributed by atoms with van der Waals surface area (Å²) in [7, 11) is 0. The summed E-state index contributed by atoms with van der Waals surface area (Å²) in [4.78, 5) is 19.4. The number of amides is 1. The Kier molecular flexibility index (Phi) is 6.42. The van der Waals surface area contributed by atoms with Gasteiger partial charge in [-0.2, -0.15) is 0 Å². The number of nitrogens with one attached hydrogen (secondary N) is 1. The zero-order chi connectivity index (χ0) is 17.6. The predicted octanol–water partition coefficient (Wildman–Crippen LogP) is 4.88. The van der Waals surface area contributed by atoms with E-state index in [0.29, 0.717) is 11.6 Å². The Hall–Kier alpha value is -1.47. The molecule has 1 aliphatic heterocycles. The van der Waals surface area contributed by atoms with Crippen LogP contribution in [-0.2, 0) is 0 Å². The number of halogens is 1. The Bertz CT molecular complexity index is 734. The Balaban J connectivity index is 1.73. The van der Waals surface area contributed by atoms with Crippen molar-refractivity contribution in [2.75, 3.05) is 18.4 Å². The van der Waals surface area contributed by atoms with Crippen molar-refractivity contribution in [1.82, 2.24) is 9.88 Å². The van der Waals surface area contributed by atoms with E-state index in [1.807, 2.05) is 36.5 Å². The molecule has 1 amide bonds. The first-order chi connectivity index (χ1) is 12.2. The number of nitrogens with zero attached hydrogens (tertiary/aromatic N) is 2. The topological polar surface area (TPSA) is 45.2 Å². The van der Waals surface area contributed by atoms with E-state index in [0.717, 1.165) is 34.3 Å². The number of pyridine rings is 1. The van der Waals surface area contributed by atoms with Crippen molar-refractivity contribution >= 4 is 34.2 Å². The van der Waals surface area contributed by atoms with Gasteiger partial charge in [0.25, 0.3) is 5.91 Å². The van der Waals surface area contributed by atoms with Crippen LogP contribution in [0.4, 0.5) is 5.69 Å². The number of benzene rings is 1. The molecule has 1 saturated heterocycles. The lowest BCUT2D eigenvalue weighted by atomic mass is 10.0. The first-order valence-corrected chi connectivity index (χ1v) is 10.0. The minimum atomic E-state index is -0.102. The van der Waals surface area contributed by atoms with Crippen LogP contribution in [0, 0.1) is 3.57 Å². The van der Waals surface area contributed by atoms with Crippen LogP contribution in [0.1, 0.15) is 54.6 Å². The summed E-state index contributed by atoms with van der Waals surface area (Å²) in [5.74, 6) is -0.102. The number of aromatic nitrogens is 1. The van der Waals surface area contributed by atoms with Crippen LogP contribution in [0.2, 0.25) is 0 Å². The normalized spacial score (nSPS) is 17.6. The van der Waals surface area contributed by atoms with Gasteiger partial charge in [-0.15, -0.1) is 0 Å². The largest absolute Gasteiger partial charge is 0.322 e. The van der Waals surface area contributed by atoms with Gasteiger partial charge < -0.3 is 5.32 Å². The summed E-state index contributed by atoms with van der Waals surface area (Å²) in [6, 6.07) is 10.2. The van der Waals surface area contributed by atoms with Gasteiger partial charge in [0.05, 0.1) is 5.56 Å². The van der Waals surface area contributed by atoms with Crippen LogP contribution in [0.5, 0.6) is 0 Å².